The minimum atomic E-state index is -0.588. The number of nitro benzene ring substituents is 1. The Morgan fingerprint density at radius 3 is 2.35 bits per heavy atom. The van der Waals surface area contributed by atoms with Crippen LogP contribution in [0.4, 0.5) is 21.9 Å². The first-order valence-corrected chi connectivity index (χ1v) is 13.7. The van der Waals surface area contributed by atoms with Gasteiger partial charge in [-0.1, -0.05) is 36.4 Å². The highest BCUT2D eigenvalue weighted by molar-refractivity contribution is 6.37. The van der Waals surface area contributed by atoms with Crippen LogP contribution < -0.4 is 21.3 Å². The number of amides is 5. The normalized spacial score (nSPS) is 18.2. The van der Waals surface area contributed by atoms with Gasteiger partial charge in [-0.25, -0.2) is 4.79 Å². The smallest absolute Gasteiger partial charge is 0.326 e. The number of benzene rings is 3. The molecule has 0 unspecified atom stereocenters. The quantitative estimate of drug-likeness (QED) is 0.141. The van der Waals surface area contributed by atoms with Crippen molar-refractivity contribution >= 4 is 58.2 Å². The number of imide groups is 1. The summed E-state index contributed by atoms with van der Waals surface area (Å²) in [6.07, 6.45) is 3.97. The van der Waals surface area contributed by atoms with Crippen LogP contribution in [0.3, 0.4) is 0 Å². The number of urea groups is 1. The van der Waals surface area contributed by atoms with E-state index in [1.54, 1.807) is 24.3 Å². The highest BCUT2D eigenvalue weighted by Crippen LogP contribution is 2.39. The molecule has 2 saturated heterocycles. The van der Waals surface area contributed by atoms with Crippen molar-refractivity contribution in [3.05, 3.63) is 105 Å². The molecule has 216 valence electrons. The zero-order valence-corrected chi connectivity index (χ0v) is 22.8. The SMILES string of the molecule is O=C1NC(=O)/C(=C/c2ccc(NC(=C3C(=O)Nc4ccc([N+](=O)[O-])cc43)c3ccc(CN4CCCCC4=O)cc3)cc2)N1. The third kappa shape index (κ3) is 5.71. The summed E-state index contributed by atoms with van der Waals surface area (Å²) in [5, 5.41) is 22.2. The number of rotatable bonds is 7. The molecule has 4 N–H and O–H groups in total. The third-order valence-electron chi connectivity index (χ3n) is 7.46. The van der Waals surface area contributed by atoms with Gasteiger partial charge in [-0.2, -0.15) is 0 Å². The second-order valence-electron chi connectivity index (χ2n) is 10.4. The first-order chi connectivity index (χ1) is 20.7. The van der Waals surface area contributed by atoms with E-state index < -0.39 is 22.8 Å². The van der Waals surface area contributed by atoms with Crippen LogP contribution in [0, 0.1) is 10.1 Å². The fraction of sp³-hybridized carbons (Fsp3) is 0.161. The number of non-ortho nitro benzene ring substituents is 1. The van der Waals surface area contributed by atoms with Crippen molar-refractivity contribution in [1.82, 2.24) is 15.5 Å². The van der Waals surface area contributed by atoms with Crippen molar-refractivity contribution in [1.29, 1.82) is 0 Å². The predicted octanol–water partition coefficient (Wildman–Crippen LogP) is 4.22. The summed E-state index contributed by atoms with van der Waals surface area (Å²) < 4.78 is 0. The van der Waals surface area contributed by atoms with Gasteiger partial charge in [0.1, 0.15) is 5.70 Å². The Kier molecular flexibility index (Phi) is 7.16. The van der Waals surface area contributed by atoms with Gasteiger partial charge >= 0.3 is 6.03 Å². The maximum atomic E-state index is 13.3. The molecule has 3 aromatic carbocycles. The Bertz CT molecular complexity index is 1740. The highest BCUT2D eigenvalue weighted by Gasteiger charge is 2.30. The van der Waals surface area contributed by atoms with E-state index in [0.717, 1.165) is 24.9 Å². The maximum absolute atomic E-state index is 13.3. The van der Waals surface area contributed by atoms with Crippen molar-refractivity contribution in [2.24, 2.45) is 0 Å². The van der Waals surface area contributed by atoms with Gasteiger partial charge in [0.25, 0.3) is 17.5 Å². The summed E-state index contributed by atoms with van der Waals surface area (Å²) in [5.41, 5.74) is 4.39. The molecule has 0 radical (unpaired) electrons. The lowest BCUT2D eigenvalue weighted by molar-refractivity contribution is -0.384. The average Bonchev–Trinajstić information content (AvgIpc) is 3.49. The van der Waals surface area contributed by atoms with Crippen LogP contribution in [-0.2, 0) is 20.9 Å². The molecule has 0 aromatic heterocycles. The predicted molar refractivity (Wildman–Crippen MR) is 159 cm³/mol. The molecule has 43 heavy (non-hydrogen) atoms. The number of likely N-dealkylation sites (tertiary alicyclic amines) is 1. The van der Waals surface area contributed by atoms with Crippen LogP contribution in [0.1, 0.15) is 41.5 Å². The number of nitrogens with zero attached hydrogens (tertiary/aromatic N) is 2. The highest BCUT2D eigenvalue weighted by atomic mass is 16.6. The van der Waals surface area contributed by atoms with E-state index in [1.165, 1.54) is 24.3 Å². The molecule has 3 aliphatic rings. The number of hydrogen-bond acceptors (Lipinski definition) is 7. The molecule has 3 heterocycles. The van der Waals surface area contributed by atoms with E-state index in [2.05, 4.69) is 21.3 Å². The lowest BCUT2D eigenvalue weighted by atomic mass is 9.98. The van der Waals surface area contributed by atoms with E-state index in [-0.39, 0.29) is 22.9 Å². The van der Waals surface area contributed by atoms with Crippen LogP contribution >= 0.6 is 0 Å². The summed E-state index contributed by atoms with van der Waals surface area (Å²) in [4.78, 5) is 61.7. The molecule has 5 amide bonds. The molecule has 2 fully saturated rings. The molecular weight excluding hydrogens is 552 g/mol. The molecule has 0 spiro atoms. The number of nitro groups is 1. The summed E-state index contributed by atoms with van der Waals surface area (Å²) in [6.45, 7) is 1.21. The number of nitrogens with one attached hydrogen (secondary N) is 4. The van der Waals surface area contributed by atoms with Crippen LogP contribution in [0.15, 0.2) is 72.4 Å². The molecular formula is C31H26N6O6. The monoisotopic (exact) mass is 578 g/mol. The summed E-state index contributed by atoms with van der Waals surface area (Å²) >= 11 is 0. The van der Waals surface area contributed by atoms with Crippen LogP contribution in [0.2, 0.25) is 0 Å². The van der Waals surface area contributed by atoms with Crippen molar-refractivity contribution in [3.63, 3.8) is 0 Å². The van der Waals surface area contributed by atoms with Crippen molar-refractivity contribution < 1.29 is 24.1 Å². The van der Waals surface area contributed by atoms with Crippen molar-refractivity contribution in [3.8, 4) is 0 Å². The Balaban J connectivity index is 1.36. The van der Waals surface area contributed by atoms with E-state index in [9.17, 15) is 29.3 Å². The molecule has 0 aliphatic carbocycles. The molecule has 6 rings (SSSR count). The van der Waals surface area contributed by atoms with E-state index in [4.69, 9.17) is 0 Å². The zero-order valence-electron chi connectivity index (χ0n) is 22.8. The van der Waals surface area contributed by atoms with Crippen LogP contribution in [-0.4, -0.2) is 40.1 Å². The number of hydrogen-bond donors (Lipinski definition) is 4. The molecule has 3 aromatic rings. The van der Waals surface area contributed by atoms with E-state index >= 15 is 0 Å². The van der Waals surface area contributed by atoms with Gasteiger partial charge in [-0.15, -0.1) is 0 Å². The van der Waals surface area contributed by atoms with Crippen LogP contribution in [0.25, 0.3) is 17.3 Å². The number of fused-ring (bicyclic) bond motifs is 1. The van der Waals surface area contributed by atoms with Gasteiger partial charge in [-0.3, -0.25) is 29.8 Å². The van der Waals surface area contributed by atoms with Gasteiger partial charge in [-0.05, 0) is 53.8 Å². The molecule has 12 nitrogen and oxygen atoms in total. The lowest BCUT2D eigenvalue weighted by Gasteiger charge is -2.26. The average molecular weight is 579 g/mol. The Morgan fingerprint density at radius 2 is 1.67 bits per heavy atom. The Labute approximate surface area is 245 Å². The van der Waals surface area contributed by atoms with Gasteiger partial charge in [0.2, 0.25) is 5.91 Å². The zero-order chi connectivity index (χ0) is 30.1. The Morgan fingerprint density at radius 1 is 0.907 bits per heavy atom. The van der Waals surface area contributed by atoms with E-state index in [1.807, 2.05) is 29.2 Å². The summed E-state index contributed by atoms with van der Waals surface area (Å²) in [6, 6.07) is 18.1. The molecule has 0 atom stereocenters. The van der Waals surface area contributed by atoms with Gasteiger partial charge in [0.15, 0.2) is 0 Å². The Hall–Kier alpha value is -5.78. The number of piperidine rings is 1. The topological polar surface area (TPSA) is 163 Å². The first-order valence-electron chi connectivity index (χ1n) is 13.7. The van der Waals surface area contributed by atoms with Crippen molar-refractivity contribution in [2.45, 2.75) is 25.8 Å². The fourth-order valence-electron chi connectivity index (χ4n) is 5.28. The number of carbonyl (C=O) groups is 4. The van der Waals surface area contributed by atoms with Gasteiger partial charge in [0, 0.05) is 48.6 Å². The lowest BCUT2D eigenvalue weighted by Crippen LogP contribution is -2.34. The second-order valence-corrected chi connectivity index (χ2v) is 10.4. The summed E-state index contributed by atoms with van der Waals surface area (Å²) in [7, 11) is 0. The van der Waals surface area contributed by atoms with E-state index in [0.29, 0.717) is 46.7 Å². The maximum Gasteiger partial charge on any atom is 0.326 e. The second kappa shape index (κ2) is 11.2. The minimum Gasteiger partial charge on any atom is -0.354 e. The summed E-state index contributed by atoms with van der Waals surface area (Å²) in [5.74, 6) is -0.798. The largest absolute Gasteiger partial charge is 0.354 e. The van der Waals surface area contributed by atoms with Crippen LogP contribution in [0.5, 0.6) is 0 Å². The van der Waals surface area contributed by atoms with Gasteiger partial charge in [0.05, 0.1) is 16.2 Å². The minimum absolute atomic E-state index is 0.126. The van der Waals surface area contributed by atoms with Crippen molar-refractivity contribution in [2.75, 3.05) is 17.2 Å². The van der Waals surface area contributed by atoms with Gasteiger partial charge < -0.3 is 20.9 Å². The molecule has 0 saturated carbocycles. The third-order valence-corrected chi connectivity index (χ3v) is 7.46. The number of anilines is 2. The fourth-order valence-corrected chi connectivity index (χ4v) is 5.28. The molecule has 0 bridgehead atoms. The number of carbonyl (C=O) groups excluding carboxylic acids is 4. The standard InChI is InChI=1S/C31H26N6O6/c38-26-3-1-2-14-36(26)17-19-4-8-20(9-5-19)28(27-23-16-22(37(42)43)12-13-24(23)33-30(27)40)32-21-10-6-18(7-11-21)15-25-29(39)35-31(41)34-25/h4-13,15-16,32H,1-3,14,17H2,(H,33,40)(H2,34,35,39,41)/b25-15-,28-27?. The molecule has 3 aliphatic heterocycles. The molecule has 12 heteroatoms. The first kappa shape index (κ1) is 27.4.